The summed E-state index contributed by atoms with van der Waals surface area (Å²) in [6.45, 7) is 18.2. The fourth-order valence-electron chi connectivity index (χ4n) is 12.9. The summed E-state index contributed by atoms with van der Waals surface area (Å²) < 4.78 is 85.5. The molecule has 6 aromatic rings. The van der Waals surface area contributed by atoms with Gasteiger partial charge in [0.15, 0.2) is 33.0 Å². The molecule has 14 N–H and O–H groups in total. The molecule has 1 unspecified atom stereocenters. The first-order valence-electron chi connectivity index (χ1n) is 36.8. The number of aromatic nitrogens is 6. The number of nitrogens with zero attached hydrogens (tertiary/aromatic N) is 8. The third-order valence-electron chi connectivity index (χ3n) is 18.7. The molecule has 6 amide bonds. The van der Waals surface area contributed by atoms with Gasteiger partial charge in [0.1, 0.15) is 58.7 Å². The van der Waals surface area contributed by atoms with E-state index in [0.717, 1.165) is 33.8 Å². The van der Waals surface area contributed by atoms with E-state index in [1.165, 1.54) is 66.8 Å². The monoisotopic (exact) mass is 1710 g/mol. The minimum atomic E-state index is -5.30. The molecule has 0 spiro atoms. The van der Waals surface area contributed by atoms with E-state index >= 15 is 0 Å². The lowest BCUT2D eigenvalue weighted by Gasteiger charge is -2.34. The third kappa shape index (κ3) is 23.3. The van der Waals surface area contributed by atoms with Crippen LogP contribution in [0.2, 0.25) is 32.2 Å². The SMILES string of the molecule is CCN(CC)c1ccc2c(-c3ccc(S(=O)(=O)NCc4cnc(SC[Si](C)(C)O[Si](C)(C)CCCN5C(=O)CC(SC[C@H](NC(=O)[C@H](CN)NC(=O)[C@H](CC(=O)O)NC(=O)CC[C@H](NC(=O)c6ccc(NCc7cnc8nc(N)[nH]c(=O)c8n7)cc6)C(=O)O)C(=O)O)C5=O)nc4)cc3S(=O)(=O)[O-])c3ccc(=[N+](CC)CC)cc-3oc2c1. The molecule has 1 fully saturated rings. The number of hydrogen-bond acceptors (Lipinski definition) is 28. The van der Waals surface area contributed by atoms with Crippen LogP contribution in [0.5, 0.6) is 0 Å². The summed E-state index contributed by atoms with van der Waals surface area (Å²) in [5.41, 5.74) is 14.3. The summed E-state index contributed by atoms with van der Waals surface area (Å²) >= 11 is 2.14. The zero-order valence-electron chi connectivity index (χ0n) is 64.6. The highest BCUT2D eigenvalue weighted by Gasteiger charge is 2.41. The lowest BCUT2D eigenvalue weighted by Crippen LogP contribution is -2.58. The van der Waals surface area contributed by atoms with E-state index in [-0.39, 0.29) is 54.3 Å². The van der Waals surface area contributed by atoms with Gasteiger partial charge in [-0.2, -0.15) is 4.98 Å². The van der Waals surface area contributed by atoms with Crippen LogP contribution in [0.25, 0.3) is 44.6 Å². The number of nitrogens with two attached hydrogens (primary N) is 2. The molecule has 3 aromatic heterocycles. The first-order chi connectivity index (χ1) is 54.8. The van der Waals surface area contributed by atoms with Gasteiger partial charge in [-0.1, -0.05) is 17.8 Å². The van der Waals surface area contributed by atoms with Gasteiger partial charge >= 0.3 is 17.9 Å². The smallest absolute Gasteiger partial charge is 0.327 e. The predicted molar refractivity (Wildman–Crippen MR) is 435 cm³/mol. The number of aliphatic carboxylic acids is 3. The number of carbonyl (C=O) groups is 9. The molecule has 0 radical (unpaired) electrons. The van der Waals surface area contributed by atoms with Crippen molar-refractivity contribution in [3.8, 4) is 22.5 Å². The van der Waals surface area contributed by atoms with Crippen molar-refractivity contribution >= 4 is 153 Å². The summed E-state index contributed by atoms with van der Waals surface area (Å²) in [4.78, 5) is 154. The molecule has 9 rings (SSSR count). The number of thioether (sulfide) groups is 2. The number of carboxylic acids is 3. The highest BCUT2D eigenvalue weighted by atomic mass is 32.2. The number of carbonyl (C=O) groups excluding carboxylic acids is 6. The number of fused-ring (bicyclic) bond motifs is 3. The van der Waals surface area contributed by atoms with E-state index < -0.39 is 166 Å². The van der Waals surface area contributed by atoms with E-state index in [9.17, 15) is 84.7 Å². The van der Waals surface area contributed by atoms with Crippen molar-refractivity contribution in [1.82, 2.24) is 65.4 Å². The first kappa shape index (κ1) is 89.3. The number of benzene rings is 4. The van der Waals surface area contributed by atoms with Crippen LogP contribution in [-0.2, 0) is 75.7 Å². The number of hydrogen-bond donors (Lipinski definition) is 12. The number of nitrogens with one attached hydrogen (secondary N) is 7. The number of carboxylic acid groups (broad SMARTS) is 3. The van der Waals surface area contributed by atoms with E-state index in [0.29, 0.717) is 94.0 Å². The minimum Gasteiger partial charge on any atom is -0.744 e. The molecule has 5 atom stereocenters. The molecule has 3 aliphatic rings. The van der Waals surface area contributed by atoms with Crippen LogP contribution in [-0.4, -0.2) is 221 Å². The van der Waals surface area contributed by atoms with Gasteiger partial charge in [-0.15, -0.1) is 11.8 Å². The maximum atomic E-state index is 13.9. The number of sulfonamides is 1. The lowest BCUT2D eigenvalue weighted by atomic mass is 9.93. The van der Waals surface area contributed by atoms with Gasteiger partial charge in [0, 0.05) is 126 Å². The summed E-state index contributed by atoms with van der Waals surface area (Å²) in [7, 11) is -14.7. The van der Waals surface area contributed by atoms with E-state index in [1.807, 2.05) is 78.1 Å². The fourth-order valence-corrected chi connectivity index (χ4v) is 26.2. The van der Waals surface area contributed by atoms with Crippen molar-refractivity contribution in [2.75, 3.05) is 66.3 Å². The number of aromatic amines is 1. The number of imide groups is 1. The average molecular weight is 1710 g/mol. The quantitative estimate of drug-likeness (QED) is 0.00498. The number of likely N-dealkylation sites (tertiary alicyclic amines) is 1. The molecule has 2 aliphatic heterocycles. The molecule has 0 bridgehead atoms. The number of rotatable bonds is 41. The van der Waals surface area contributed by atoms with Crippen LogP contribution < -0.4 is 63.2 Å². The minimum absolute atomic E-state index is 0.000888. The molecule has 0 saturated carbocycles. The normalized spacial score (nSPS) is 14.4. The topological polar surface area (TPSA) is 559 Å². The molecule has 5 heterocycles. The second kappa shape index (κ2) is 38.9. The van der Waals surface area contributed by atoms with Gasteiger partial charge in [-0.3, -0.25) is 48.2 Å². The molecule has 1 saturated heterocycles. The van der Waals surface area contributed by atoms with Crippen LogP contribution in [0.15, 0.2) is 122 Å². The van der Waals surface area contributed by atoms with Crippen molar-refractivity contribution in [3.63, 3.8) is 0 Å². The van der Waals surface area contributed by atoms with E-state index in [2.05, 4.69) is 70.7 Å². The Morgan fingerprint density at radius 1 is 0.784 bits per heavy atom. The van der Waals surface area contributed by atoms with Gasteiger partial charge in [0.25, 0.3) is 11.5 Å². The molecule has 37 nitrogen and oxygen atoms in total. The molecule has 43 heteroatoms. The van der Waals surface area contributed by atoms with Crippen LogP contribution in [0.3, 0.4) is 0 Å². The largest absolute Gasteiger partial charge is 0.744 e. The average Bonchev–Trinajstić information content (AvgIpc) is 0.806. The van der Waals surface area contributed by atoms with E-state index in [4.69, 9.17) is 20.0 Å². The van der Waals surface area contributed by atoms with Crippen LogP contribution in [0.1, 0.15) is 81.4 Å². The maximum absolute atomic E-state index is 13.9. The number of nitrogen functional groups attached to an aromatic ring is 1. The number of H-pyrrole nitrogens is 1. The Balaban J connectivity index is 0.711. The Labute approximate surface area is 676 Å². The van der Waals surface area contributed by atoms with Crippen molar-refractivity contribution in [1.29, 1.82) is 0 Å². The number of amides is 6. The van der Waals surface area contributed by atoms with Gasteiger partial charge in [-0.25, -0.2) is 55.7 Å². The van der Waals surface area contributed by atoms with Crippen molar-refractivity contribution in [2.24, 2.45) is 5.73 Å². The standard InChI is InChI=1S/C73H91N17O20S4Si2/c1-9-88(10-2)45-18-21-48-55(28-45)109-56-29-46(89(11-3)12-4)19-22-49(56)62(48)50-23-20-47(30-58(50)114(106,107)108)113(104,105)80-36-41-34-78-73(79-35-41)112-40-116(7,8)110-115(5,6)27-13-26-90-60(92)32-57(69(90)99)111-39-54(71(102)103)85-67(97)53(33-74)84-66(96)52(31-61(93)94)82-59(91)25-24-51(70(100)101)83-65(95)42-14-16-43(17-15-42)76-37-44-38-77-64-63(81-44)68(98)87-72(75)86-64/h14-23,28-30,34-35,38,51-54,57,80H,9-13,24-27,31-33,36-37,39-40,74H2,1-8H3,(H11-,75,76,77,82,83,84,85,86,87,91,93,94,95,96,97,98,100,101,102,103,106,107,108)/t51-,52-,53-,54-,57?/m0/s1. The van der Waals surface area contributed by atoms with Crippen molar-refractivity contribution in [2.45, 2.75) is 149 Å². The Morgan fingerprint density at radius 2 is 1.46 bits per heavy atom. The first-order valence-corrected chi connectivity index (χ1v) is 48.0. The summed E-state index contributed by atoms with van der Waals surface area (Å²) in [5.74, 6) is -10.1. The van der Waals surface area contributed by atoms with Crippen molar-refractivity contribution in [3.05, 3.63) is 130 Å². The van der Waals surface area contributed by atoms with Crippen molar-refractivity contribution < 1.29 is 88.4 Å². The van der Waals surface area contributed by atoms with Gasteiger partial charge in [0.05, 0.1) is 46.0 Å². The zero-order chi connectivity index (χ0) is 84.7. The highest BCUT2D eigenvalue weighted by Crippen LogP contribution is 2.44. The van der Waals surface area contributed by atoms with Crippen LogP contribution in [0, 0.1) is 0 Å². The summed E-state index contributed by atoms with van der Waals surface area (Å²) in [5, 5.41) is 42.9. The number of anilines is 3. The molecule has 620 valence electrons. The van der Waals surface area contributed by atoms with Gasteiger partial charge in [0.2, 0.25) is 50.9 Å². The Kier molecular flexibility index (Phi) is 29.9. The second-order valence-electron chi connectivity index (χ2n) is 28.1. The Hall–Kier alpha value is -10.6. The molecular weight excluding hydrogens is 1620 g/mol. The summed E-state index contributed by atoms with van der Waals surface area (Å²) in [6.07, 6.45) is 2.17. The zero-order valence-corrected chi connectivity index (χ0v) is 69.9. The Bertz CT molecular complexity index is 5390. The molecule has 3 aromatic carbocycles. The molecule has 116 heavy (non-hydrogen) atoms. The molecular formula is C73H91N17O20S4Si2. The summed E-state index contributed by atoms with van der Waals surface area (Å²) in [6, 6.07) is 13.9. The third-order valence-corrected chi connectivity index (χ3v) is 32.1. The predicted octanol–water partition coefficient (Wildman–Crippen LogP) is 3.20. The maximum Gasteiger partial charge on any atom is 0.327 e. The second-order valence-corrected chi connectivity index (χ2v) is 42.7. The lowest BCUT2D eigenvalue weighted by molar-refractivity contribution is -0.142. The van der Waals surface area contributed by atoms with Crippen LogP contribution in [0.4, 0.5) is 17.3 Å². The van der Waals surface area contributed by atoms with Gasteiger partial charge in [-0.05, 0) is 127 Å². The van der Waals surface area contributed by atoms with E-state index in [1.54, 1.807) is 12.1 Å². The highest BCUT2D eigenvalue weighted by molar-refractivity contribution is 8.01. The Morgan fingerprint density at radius 3 is 2.10 bits per heavy atom. The van der Waals surface area contributed by atoms with Crippen LogP contribution >= 0.6 is 23.5 Å². The fraction of sp³-hybridized carbons (Fsp3) is 0.397. The molecule has 1 aliphatic carbocycles. The van der Waals surface area contributed by atoms with Gasteiger partial charge < -0.3 is 71.4 Å².